The van der Waals surface area contributed by atoms with Gasteiger partial charge in [-0.1, -0.05) is 30.3 Å². The second-order valence-corrected chi connectivity index (χ2v) is 7.59. The fourth-order valence-electron chi connectivity index (χ4n) is 3.30. The third kappa shape index (κ3) is 5.53. The number of hydrazine groups is 1. The number of rotatable bonds is 8. The fourth-order valence-corrected chi connectivity index (χ4v) is 3.30. The van der Waals surface area contributed by atoms with Crippen LogP contribution in [0.5, 0.6) is 5.75 Å². The summed E-state index contributed by atoms with van der Waals surface area (Å²) in [5.41, 5.74) is 7.78. The summed E-state index contributed by atoms with van der Waals surface area (Å²) in [6.45, 7) is 4.27. The number of hydrogen-bond acceptors (Lipinski definition) is 5. The van der Waals surface area contributed by atoms with Crippen molar-refractivity contribution in [3.8, 4) is 5.75 Å². The number of ether oxygens (including phenoxy) is 1. The van der Waals surface area contributed by atoms with Crippen LogP contribution in [0.3, 0.4) is 0 Å². The Morgan fingerprint density at radius 2 is 1.93 bits per heavy atom. The van der Waals surface area contributed by atoms with E-state index in [1.165, 1.54) is 6.07 Å². The van der Waals surface area contributed by atoms with Gasteiger partial charge in [-0.05, 0) is 44.3 Å². The number of hydrogen-bond donors (Lipinski definition) is 3. The van der Waals surface area contributed by atoms with Crippen LogP contribution in [0.1, 0.15) is 40.4 Å². The Kier molecular flexibility index (Phi) is 7.19. The Bertz CT molecular complexity index is 823. The van der Waals surface area contributed by atoms with Gasteiger partial charge in [0.15, 0.2) is 0 Å². The second kappa shape index (κ2) is 9.82. The minimum Gasteiger partial charge on any atom is -0.491 e. The molecular weight excluding hydrogens is 371 g/mol. The molecule has 1 atom stereocenters. The Balaban J connectivity index is 1.84. The van der Waals surface area contributed by atoms with Crippen LogP contribution in [-0.2, 0) is 0 Å². The van der Waals surface area contributed by atoms with Crippen LogP contribution in [-0.4, -0.2) is 51.1 Å². The highest BCUT2D eigenvalue weighted by atomic mass is 19.1. The SMILES string of the molecule is C[C@H](NC(=O)c1cc(F)c(C2CNNC2)cc1OCCN(C)C)c1ccccc1. The van der Waals surface area contributed by atoms with Crippen molar-refractivity contribution in [1.82, 2.24) is 21.1 Å². The number of halogens is 1. The van der Waals surface area contributed by atoms with Crippen LogP contribution >= 0.6 is 0 Å². The lowest BCUT2D eigenvalue weighted by Crippen LogP contribution is -2.28. The first-order valence-corrected chi connectivity index (χ1v) is 9.88. The van der Waals surface area contributed by atoms with Gasteiger partial charge in [0.05, 0.1) is 11.6 Å². The minimum atomic E-state index is -0.391. The van der Waals surface area contributed by atoms with Gasteiger partial charge in [-0.25, -0.2) is 4.39 Å². The van der Waals surface area contributed by atoms with Gasteiger partial charge in [0.25, 0.3) is 5.91 Å². The molecule has 7 heteroatoms. The van der Waals surface area contributed by atoms with Gasteiger partial charge >= 0.3 is 0 Å². The van der Waals surface area contributed by atoms with Gasteiger partial charge in [-0.15, -0.1) is 0 Å². The number of carbonyl (C=O) groups excluding carboxylic acids is 1. The molecule has 2 aromatic carbocycles. The third-order valence-electron chi connectivity index (χ3n) is 5.05. The van der Waals surface area contributed by atoms with E-state index in [-0.39, 0.29) is 23.4 Å². The first-order chi connectivity index (χ1) is 14.0. The molecule has 0 aliphatic carbocycles. The fraction of sp³-hybridized carbons (Fsp3) is 0.409. The van der Waals surface area contributed by atoms with Crippen LogP contribution < -0.4 is 20.9 Å². The lowest BCUT2D eigenvalue weighted by molar-refractivity contribution is 0.0935. The molecule has 1 aliphatic heterocycles. The van der Waals surface area contributed by atoms with Crippen molar-refractivity contribution < 1.29 is 13.9 Å². The third-order valence-corrected chi connectivity index (χ3v) is 5.05. The Labute approximate surface area is 171 Å². The molecule has 0 bridgehead atoms. The van der Waals surface area contributed by atoms with Crippen molar-refractivity contribution in [3.05, 3.63) is 65.0 Å². The van der Waals surface area contributed by atoms with Crippen molar-refractivity contribution in [2.45, 2.75) is 18.9 Å². The lowest BCUT2D eigenvalue weighted by Gasteiger charge is -2.19. The maximum Gasteiger partial charge on any atom is 0.255 e. The number of nitrogens with zero attached hydrogens (tertiary/aromatic N) is 1. The molecule has 0 aromatic heterocycles. The van der Waals surface area contributed by atoms with Crippen molar-refractivity contribution in [2.24, 2.45) is 0 Å². The maximum absolute atomic E-state index is 14.9. The zero-order chi connectivity index (χ0) is 20.8. The average Bonchev–Trinajstić information content (AvgIpc) is 3.23. The average molecular weight is 400 g/mol. The molecule has 6 nitrogen and oxygen atoms in total. The largest absolute Gasteiger partial charge is 0.491 e. The van der Waals surface area contributed by atoms with Gasteiger partial charge in [0.1, 0.15) is 18.2 Å². The van der Waals surface area contributed by atoms with Crippen LogP contribution in [0.2, 0.25) is 0 Å². The zero-order valence-corrected chi connectivity index (χ0v) is 17.2. The normalized spacial score (nSPS) is 15.5. The van der Waals surface area contributed by atoms with Crippen molar-refractivity contribution in [2.75, 3.05) is 40.3 Å². The summed E-state index contributed by atoms with van der Waals surface area (Å²) in [6, 6.07) is 12.4. The molecule has 3 N–H and O–H groups in total. The van der Waals surface area contributed by atoms with E-state index in [2.05, 4.69) is 16.2 Å². The van der Waals surface area contributed by atoms with Crippen LogP contribution in [0.4, 0.5) is 4.39 Å². The topological polar surface area (TPSA) is 65.6 Å². The van der Waals surface area contributed by atoms with Gasteiger partial charge in [0.2, 0.25) is 0 Å². The quantitative estimate of drug-likeness (QED) is 0.635. The molecule has 2 aromatic rings. The molecule has 156 valence electrons. The molecule has 1 heterocycles. The van der Waals surface area contributed by atoms with Crippen LogP contribution in [0.25, 0.3) is 0 Å². The van der Waals surface area contributed by atoms with Crippen molar-refractivity contribution >= 4 is 5.91 Å². The minimum absolute atomic E-state index is 0.00782. The van der Waals surface area contributed by atoms with Crippen LogP contribution in [0, 0.1) is 5.82 Å². The molecule has 0 radical (unpaired) electrons. The zero-order valence-electron chi connectivity index (χ0n) is 17.2. The predicted octanol–water partition coefficient (Wildman–Crippen LogP) is 2.45. The van der Waals surface area contributed by atoms with Gasteiger partial charge < -0.3 is 15.0 Å². The number of likely N-dealkylation sites (N-methyl/N-ethyl adjacent to an activating group) is 1. The van der Waals surface area contributed by atoms with Crippen molar-refractivity contribution in [3.63, 3.8) is 0 Å². The molecule has 1 aliphatic rings. The van der Waals surface area contributed by atoms with E-state index in [0.717, 1.165) is 5.56 Å². The Morgan fingerprint density at radius 3 is 2.59 bits per heavy atom. The molecule has 0 spiro atoms. The molecular formula is C22H29FN4O2. The molecule has 1 amide bonds. The van der Waals surface area contributed by atoms with E-state index >= 15 is 0 Å². The van der Waals surface area contributed by atoms with Gasteiger partial charge in [0, 0.05) is 25.6 Å². The summed E-state index contributed by atoms with van der Waals surface area (Å²) >= 11 is 0. The summed E-state index contributed by atoms with van der Waals surface area (Å²) in [7, 11) is 3.90. The highest BCUT2D eigenvalue weighted by molar-refractivity contribution is 5.97. The van der Waals surface area contributed by atoms with Crippen molar-refractivity contribution in [1.29, 1.82) is 0 Å². The summed E-state index contributed by atoms with van der Waals surface area (Å²) in [5, 5.41) is 2.95. The second-order valence-electron chi connectivity index (χ2n) is 7.59. The predicted molar refractivity (Wildman–Crippen MR) is 112 cm³/mol. The van der Waals surface area contributed by atoms with E-state index in [0.29, 0.717) is 37.6 Å². The first kappa shape index (κ1) is 21.2. The maximum atomic E-state index is 14.9. The molecule has 1 saturated heterocycles. The van der Waals surface area contributed by atoms with E-state index in [9.17, 15) is 9.18 Å². The molecule has 3 rings (SSSR count). The van der Waals surface area contributed by atoms with Gasteiger partial charge in [-0.3, -0.25) is 15.6 Å². The number of benzene rings is 2. The Morgan fingerprint density at radius 1 is 1.24 bits per heavy atom. The summed E-state index contributed by atoms with van der Waals surface area (Å²) in [4.78, 5) is 14.9. The Hall–Kier alpha value is -2.48. The number of amides is 1. The molecule has 1 fully saturated rings. The smallest absolute Gasteiger partial charge is 0.255 e. The highest BCUT2D eigenvalue weighted by Crippen LogP contribution is 2.29. The highest BCUT2D eigenvalue weighted by Gasteiger charge is 2.25. The van der Waals surface area contributed by atoms with E-state index in [4.69, 9.17) is 4.74 Å². The molecule has 29 heavy (non-hydrogen) atoms. The molecule has 0 saturated carbocycles. The van der Waals surface area contributed by atoms with E-state index < -0.39 is 5.82 Å². The summed E-state index contributed by atoms with van der Waals surface area (Å²) in [5.74, 6) is -0.341. The number of nitrogens with one attached hydrogen (secondary N) is 3. The monoisotopic (exact) mass is 400 g/mol. The standard InChI is InChI=1S/C22H29FN4O2/c1-15(16-7-5-4-6-8-16)26-22(28)19-11-20(23)18(17-13-24-25-14-17)12-21(19)29-10-9-27(2)3/h4-8,11-12,15,17,24-25H,9-10,13-14H2,1-3H3,(H,26,28)/t15-/m0/s1. The first-order valence-electron chi connectivity index (χ1n) is 9.88. The summed E-state index contributed by atoms with van der Waals surface area (Å²) < 4.78 is 20.8. The van der Waals surface area contributed by atoms with E-state index in [1.807, 2.05) is 56.3 Å². The lowest BCUT2D eigenvalue weighted by atomic mass is 9.97. The number of carbonyl (C=O) groups is 1. The van der Waals surface area contributed by atoms with E-state index in [1.54, 1.807) is 6.07 Å². The molecule has 0 unspecified atom stereocenters. The summed E-state index contributed by atoms with van der Waals surface area (Å²) in [6.07, 6.45) is 0. The van der Waals surface area contributed by atoms with Gasteiger partial charge in [-0.2, -0.15) is 0 Å². The van der Waals surface area contributed by atoms with Crippen LogP contribution in [0.15, 0.2) is 42.5 Å².